The van der Waals surface area contributed by atoms with Gasteiger partial charge in [-0.2, -0.15) is 0 Å². The van der Waals surface area contributed by atoms with E-state index in [0.29, 0.717) is 21.5 Å². The fraction of sp³-hybridized carbons (Fsp3) is 0.261. The van der Waals surface area contributed by atoms with Crippen LogP contribution in [0.15, 0.2) is 63.4 Å². The van der Waals surface area contributed by atoms with Gasteiger partial charge in [0.25, 0.3) is 5.56 Å². The summed E-state index contributed by atoms with van der Waals surface area (Å²) < 4.78 is 7.03. The fourth-order valence-corrected chi connectivity index (χ4v) is 5.21. The molecule has 1 aliphatic heterocycles. The number of rotatable bonds is 7. The van der Waals surface area contributed by atoms with E-state index in [1.807, 2.05) is 48.5 Å². The van der Waals surface area contributed by atoms with E-state index in [2.05, 4.69) is 12.2 Å². The van der Waals surface area contributed by atoms with Crippen LogP contribution in [0.3, 0.4) is 0 Å². The van der Waals surface area contributed by atoms with E-state index in [9.17, 15) is 9.59 Å². The lowest BCUT2D eigenvalue weighted by molar-refractivity contribution is -0.113. The lowest BCUT2D eigenvalue weighted by Gasteiger charge is -2.16. The van der Waals surface area contributed by atoms with Crippen LogP contribution in [0.2, 0.25) is 0 Å². The number of thioether (sulfide) groups is 2. The summed E-state index contributed by atoms with van der Waals surface area (Å²) in [4.78, 5) is 31.2. The summed E-state index contributed by atoms with van der Waals surface area (Å²) in [5.74, 6) is 1.41. The van der Waals surface area contributed by atoms with Crippen LogP contribution in [0.25, 0.3) is 5.69 Å². The summed E-state index contributed by atoms with van der Waals surface area (Å²) in [6.07, 6.45) is 1.71. The Morgan fingerprint density at radius 1 is 1.23 bits per heavy atom. The fourth-order valence-electron chi connectivity index (χ4n) is 3.37. The highest BCUT2D eigenvalue weighted by Gasteiger charge is 2.24. The van der Waals surface area contributed by atoms with E-state index < -0.39 is 0 Å². The normalized spacial score (nSPS) is 12.5. The summed E-state index contributed by atoms with van der Waals surface area (Å²) in [7, 11) is 1.57. The van der Waals surface area contributed by atoms with Gasteiger partial charge >= 0.3 is 0 Å². The molecule has 3 aromatic rings. The number of carbonyl (C=O) groups excluding carboxylic acids is 1. The molecule has 0 spiro atoms. The molecule has 0 unspecified atom stereocenters. The molecule has 1 amide bonds. The minimum Gasteiger partial charge on any atom is -0.495 e. The topological polar surface area (TPSA) is 73.2 Å². The van der Waals surface area contributed by atoms with Gasteiger partial charge in [0.15, 0.2) is 5.16 Å². The predicted octanol–water partition coefficient (Wildman–Crippen LogP) is 4.18. The van der Waals surface area contributed by atoms with Crippen LogP contribution < -0.4 is 15.6 Å². The quantitative estimate of drug-likeness (QED) is 0.427. The minimum atomic E-state index is -0.148. The molecule has 8 heteroatoms. The molecule has 1 aromatic heterocycles. The lowest BCUT2D eigenvalue weighted by Crippen LogP contribution is -2.25. The second-order valence-electron chi connectivity index (χ2n) is 6.97. The van der Waals surface area contributed by atoms with Gasteiger partial charge in [0, 0.05) is 17.9 Å². The molecule has 0 saturated heterocycles. The van der Waals surface area contributed by atoms with Crippen molar-refractivity contribution in [3.8, 4) is 11.4 Å². The molecule has 0 aliphatic carbocycles. The van der Waals surface area contributed by atoms with Crippen LogP contribution in [-0.2, 0) is 17.6 Å². The number of benzene rings is 2. The van der Waals surface area contributed by atoms with Crippen molar-refractivity contribution in [2.24, 2.45) is 0 Å². The molecule has 0 radical (unpaired) electrons. The third-order valence-corrected chi connectivity index (χ3v) is 7.02. The van der Waals surface area contributed by atoms with Crippen LogP contribution in [0, 0.1) is 0 Å². The van der Waals surface area contributed by atoms with Crippen molar-refractivity contribution in [2.75, 3.05) is 23.9 Å². The number of para-hydroxylation sites is 2. The van der Waals surface area contributed by atoms with Gasteiger partial charge in [0.2, 0.25) is 5.91 Å². The van der Waals surface area contributed by atoms with E-state index in [0.717, 1.165) is 30.0 Å². The minimum absolute atomic E-state index is 0.116. The molecule has 0 fully saturated rings. The SMILES string of the molecule is CCc1ccc(NC(=O)CSc2nc3c(c(=O)n2-c2ccccc2OC)SCC3)cc1. The molecular formula is C23H23N3O3S2. The number of aryl methyl sites for hydroxylation is 2. The van der Waals surface area contributed by atoms with Crippen LogP contribution in [0.4, 0.5) is 5.69 Å². The molecule has 4 rings (SSSR count). The Kier molecular flexibility index (Phi) is 6.67. The third-order valence-electron chi connectivity index (χ3n) is 4.97. The van der Waals surface area contributed by atoms with Crippen molar-refractivity contribution in [1.29, 1.82) is 0 Å². The standard InChI is InChI=1S/C23H23N3O3S2/c1-3-15-8-10-16(11-9-15)24-20(27)14-31-23-25-17-12-13-30-21(17)22(28)26(23)18-6-4-5-7-19(18)29-2/h4-11H,3,12-14H2,1-2H3,(H,24,27). The van der Waals surface area contributed by atoms with Crippen molar-refractivity contribution in [3.63, 3.8) is 0 Å². The number of amides is 1. The highest BCUT2D eigenvalue weighted by molar-refractivity contribution is 8.00. The van der Waals surface area contributed by atoms with Gasteiger partial charge < -0.3 is 10.1 Å². The summed E-state index contributed by atoms with van der Waals surface area (Å²) in [5, 5.41) is 3.40. The first-order chi connectivity index (χ1) is 15.1. The summed E-state index contributed by atoms with van der Waals surface area (Å²) in [5.41, 5.74) is 3.28. The maximum atomic E-state index is 13.3. The van der Waals surface area contributed by atoms with Gasteiger partial charge in [-0.3, -0.25) is 14.2 Å². The Bertz CT molecular complexity index is 1160. The number of nitrogens with zero attached hydrogens (tertiary/aromatic N) is 2. The number of hydrogen-bond acceptors (Lipinski definition) is 6. The van der Waals surface area contributed by atoms with Gasteiger partial charge in [-0.05, 0) is 36.2 Å². The zero-order chi connectivity index (χ0) is 21.8. The molecule has 2 heterocycles. The predicted molar refractivity (Wildman–Crippen MR) is 126 cm³/mol. The number of fused-ring (bicyclic) bond motifs is 1. The number of hydrogen-bond donors (Lipinski definition) is 1. The average Bonchev–Trinajstić information content (AvgIpc) is 3.27. The monoisotopic (exact) mass is 453 g/mol. The molecule has 0 atom stereocenters. The Morgan fingerprint density at radius 3 is 2.74 bits per heavy atom. The van der Waals surface area contributed by atoms with Crippen molar-refractivity contribution >= 4 is 35.1 Å². The summed E-state index contributed by atoms with van der Waals surface area (Å²) >= 11 is 2.78. The maximum Gasteiger partial charge on any atom is 0.272 e. The van der Waals surface area contributed by atoms with Crippen LogP contribution in [-0.4, -0.2) is 34.1 Å². The number of nitrogens with one attached hydrogen (secondary N) is 1. The van der Waals surface area contributed by atoms with Crippen molar-refractivity contribution < 1.29 is 9.53 Å². The second kappa shape index (κ2) is 9.62. The maximum absolute atomic E-state index is 13.3. The van der Waals surface area contributed by atoms with Gasteiger partial charge in [-0.25, -0.2) is 4.98 Å². The zero-order valence-electron chi connectivity index (χ0n) is 17.4. The van der Waals surface area contributed by atoms with Crippen molar-refractivity contribution in [1.82, 2.24) is 9.55 Å². The van der Waals surface area contributed by atoms with E-state index in [-0.39, 0.29) is 17.2 Å². The first-order valence-corrected chi connectivity index (χ1v) is 12.0. The number of aromatic nitrogens is 2. The molecule has 1 N–H and O–H groups in total. The van der Waals surface area contributed by atoms with Gasteiger partial charge in [-0.15, -0.1) is 11.8 Å². The van der Waals surface area contributed by atoms with E-state index >= 15 is 0 Å². The van der Waals surface area contributed by atoms with Crippen LogP contribution in [0.1, 0.15) is 18.2 Å². The Hall–Kier alpha value is -2.71. The molecule has 1 aliphatic rings. The molecule has 0 bridgehead atoms. The first kappa shape index (κ1) is 21.5. The summed E-state index contributed by atoms with van der Waals surface area (Å²) in [6, 6.07) is 15.1. The highest BCUT2D eigenvalue weighted by Crippen LogP contribution is 2.32. The van der Waals surface area contributed by atoms with E-state index in [4.69, 9.17) is 9.72 Å². The van der Waals surface area contributed by atoms with E-state index in [1.54, 1.807) is 11.7 Å². The van der Waals surface area contributed by atoms with Gasteiger partial charge in [-0.1, -0.05) is 43.0 Å². The average molecular weight is 454 g/mol. The zero-order valence-corrected chi connectivity index (χ0v) is 19.0. The smallest absolute Gasteiger partial charge is 0.272 e. The van der Waals surface area contributed by atoms with Gasteiger partial charge in [0.05, 0.1) is 29.1 Å². The molecule has 2 aromatic carbocycles. The largest absolute Gasteiger partial charge is 0.495 e. The molecular weight excluding hydrogens is 430 g/mol. The molecule has 31 heavy (non-hydrogen) atoms. The Balaban J connectivity index is 1.61. The molecule has 6 nitrogen and oxygen atoms in total. The number of carbonyl (C=O) groups is 1. The van der Waals surface area contributed by atoms with E-state index in [1.165, 1.54) is 29.1 Å². The van der Waals surface area contributed by atoms with Crippen LogP contribution in [0.5, 0.6) is 5.75 Å². The first-order valence-electron chi connectivity index (χ1n) is 10.0. The Labute approximate surface area is 189 Å². The molecule has 160 valence electrons. The number of anilines is 1. The molecule has 0 saturated carbocycles. The number of methoxy groups -OCH3 is 1. The second-order valence-corrected chi connectivity index (χ2v) is 9.02. The van der Waals surface area contributed by atoms with Crippen LogP contribution >= 0.6 is 23.5 Å². The third kappa shape index (κ3) is 4.65. The lowest BCUT2D eigenvalue weighted by atomic mass is 10.1. The number of ether oxygens (including phenoxy) is 1. The van der Waals surface area contributed by atoms with Crippen molar-refractivity contribution in [3.05, 3.63) is 70.1 Å². The summed E-state index contributed by atoms with van der Waals surface area (Å²) in [6.45, 7) is 2.09. The van der Waals surface area contributed by atoms with Gasteiger partial charge in [0.1, 0.15) is 5.75 Å². The highest BCUT2D eigenvalue weighted by atomic mass is 32.2. The Morgan fingerprint density at radius 2 is 2.00 bits per heavy atom. The van der Waals surface area contributed by atoms with Crippen molar-refractivity contribution in [2.45, 2.75) is 29.8 Å².